The number of rotatable bonds is 1. The molecular formula is C11H8N4OS2. The number of carbonyl (C=O) groups is 1. The molecule has 0 unspecified atom stereocenters. The lowest BCUT2D eigenvalue weighted by molar-refractivity contribution is -0.114. The first kappa shape index (κ1) is 11.4. The highest BCUT2D eigenvalue weighted by Gasteiger charge is 2.34. The third-order valence-corrected chi connectivity index (χ3v) is 4.03. The summed E-state index contributed by atoms with van der Waals surface area (Å²) in [6.45, 7) is 1.83. The van der Waals surface area contributed by atoms with E-state index in [2.05, 4.69) is 10.1 Å². The first-order valence-corrected chi connectivity index (χ1v) is 6.85. The second-order valence-corrected chi connectivity index (χ2v) is 5.79. The van der Waals surface area contributed by atoms with Gasteiger partial charge in [-0.1, -0.05) is 6.07 Å². The molecule has 0 atom stereocenters. The van der Waals surface area contributed by atoms with Crippen LogP contribution < -0.4 is 0 Å². The van der Waals surface area contributed by atoms with Crippen LogP contribution in [0.3, 0.4) is 0 Å². The van der Waals surface area contributed by atoms with Crippen molar-refractivity contribution in [2.45, 2.75) is 6.92 Å². The maximum absolute atomic E-state index is 11.9. The number of thioether (sulfide) groups is 1. The van der Waals surface area contributed by atoms with Gasteiger partial charge in [-0.25, -0.2) is 0 Å². The van der Waals surface area contributed by atoms with E-state index in [-0.39, 0.29) is 17.3 Å². The summed E-state index contributed by atoms with van der Waals surface area (Å²) in [5.41, 5.74) is 0.278. The normalized spacial score (nSPS) is 21.2. The Kier molecular flexibility index (Phi) is 2.64. The first-order chi connectivity index (χ1) is 8.65. The Morgan fingerprint density at radius 2 is 2.33 bits per heavy atom. The highest BCUT2D eigenvalue weighted by Crippen LogP contribution is 2.28. The van der Waals surface area contributed by atoms with Crippen LogP contribution in [-0.2, 0) is 4.79 Å². The summed E-state index contributed by atoms with van der Waals surface area (Å²) >= 11 is 2.82. The second kappa shape index (κ2) is 4.18. The zero-order valence-corrected chi connectivity index (χ0v) is 11.0. The standard InChI is InChI=1S/C11H8N4OS2/c1-6-14-15-9(12)8(5-7-3-2-4-17-7)10(16)13-11(15)18-6/h2-5,12H,1H3. The molecule has 1 amide bonds. The van der Waals surface area contributed by atoms with Crippen molar-refractivity contribution in [2.24, 2.45) is 10.1 Å². The monoisotopic (exact) mass is 276 g/mol. The van der Waals surface area contributed by atoms with E-state index in [9.17, 15) is 4.79 Å². The quantitative estimate of drug-likeness (QED) is 0.801. The molecule has 0 saturated carbocycles. The lowest BCUT2D eigenvalue weighted by atomic mass is 10.1. The number of nitrogens with one attached hydrogen (secondary N) is 1. The summed E-state index contributed by atoms with van der Waals surface area (Å²) < 4.78 is 0. The summed E-state index contributed by atoms with van der Waals surface area (Å²) in [7, 11) is 0. The smallest absolute Gasteiger partial charge is 0.282 e. The fourth-order valence-electron chi connectivity index (χ4n) is 1.60. The fraction of sp³-hybridized carbons (Fsp3) is 0.0909. The number of thiophene rings is 1. The minimum atomic E-state index is -0.378. The third kappa shape index (κ3) is 1.81. The molecule has 0 aromatic carbocycles. The lowest BCUT2D eigenvalue weighted by Crippen LogP contribution is -2.35. The van der Waals surface area contributed by atoms with E-state index < -0.39 is 0 Å². The second-order valence-electron chi connectivity index (χ2n) is 3.65. The SMILES string of the molecule is CC1=NN2C(=N)C(=Cc3cccs3)C(=O)N=C2S1. The number of nitrogens with zero attached hydrogens (tertiary/aromatic N) is 3. The summed E-state index contributed by atoms with van der Waals surface area (Å²) in [6, 6.07) is 3.79. The molecule has 1 aromatic rings. The van der Waals surface area contributed by atoms with Crippen molar-refractivity contribution in [2.75, 3.05) is 0 Å². The van der Waals surface area contributed by atoms with Gasteiger partial charge < -0.3 is 0 Å². The van der Waals surface area contributed by atoms with Gasteiger partial charge in [0.2, 0.25) is 5.17 Å². The topological polar surface area (TPSA) is 68.9 Å². The molecular weight excluding hydrogens is 268 g/mol. The molecule has 1 aromatic heterocycles. The van der Waals surface area contributed by atoms with Gasteiger partial charge in [-0.15, -0.1) is 11.3 Å². The molecule has 1 N–H and O–H groups in total. The molecule has 7 heteroatoms. The summed E-state index contributed by atoms with van der Waals surface area (Å²) in [5, 5.41) is 16.8. The van der Waals surface area contributed by atoms with Crippen molar-refractivity contribution < 1.29 is 4.79 Å². The van der Waals surface area contributed by atoms with Crippen molar-refractivity contribution in [3.05, 3.63) is 28.0 Å². The van der Waals surface area contributed by atoms with Crippen LogP contribution in [0.4, 0.5) is 0 Å². The molecule has 0 bridgehead atoms. The third-order valence-electron chi connectivity index (χ3n) is 2.39. The van der Waals surface area contributed by atoms with Crippen molar-refractivity contribution in [1.82, 2.24) is 5.01 Å². The predicted molar refractivity (Wildman–Crippen MR) is 75.0 cm³/mol. The van der Waals surface area contributed by atoms with Crippen LogP contribution in [0.5, 0.6) is 0 Å². The van der Waals surface area contributed by atoms with Crippen LogP contribution in [0.1, 0.15) is 11.8 Å². The Hall–Kier alpha value is -1.73. The van der Waals surface area contributed by atoms with E-state index >= 15 is 0 Å². The predicted octanol–water partition coefficient (Wildman–Crippen LogP) is 2.39. The van der Waals surface area contributed by atoms with Crippen LogP contribution in [0, 0.1) is 5.41 Å². The largest absolute Gasteiger partial charge is 0.283 e. The molecule has 3 rings (SSSR count). The first-order valence-electron chi connectivity index (χ1n) is 5.15. The molecule has 3 heterocycles. The molecule has 90 valence electrons. The van der Waals surface area contributed by atoms with Gasteiger partial charge in [0.1, 0.15) is 0 Å². The highest BCUT2D eigenvalue weighted by atomic mass is 32.2. The maximum Gasteiger partial charge on any atom is 0.283 e. The van der Waals surface area contributed by atoms with E-state index in [4.69, 9.17) is 5.41 Å². The van der Waals surface area contributed by atoms with E-state index in [1.165, 1.54) is 28.1 Å². The number of amides is 1. The number of amidine groups is 2. The molecule has 5 nitrogen and oxygen atoms in total. The van der Waals surface area contributed by atoms with Crippen LogP contribution in [-0.4, -0.2) is 27.0 Å². The molecule has 0 radical (unpaired) electrons. The summed E-state index contributed by atoms with van der Waals surface area (Å²) in [6.07, 6.45) is 1.68. The summed E-state index contributed by atoms with van der Waals surface area (Å²) in [4.78, 5) is 16.8. The average molecular weight is 276 g/mol. The minimum Gasteiger partial charge on any atom is -0.282 e. The van der Waals surface area contributed by atoms with Crippen molar-refractivity contribution in [3.63, 3.8) is 0 Å². The zero-order chi connectivity index (χ0) is 12.7. The van der Waals surface area contributed by atoms with Crippen molar-refractivity contribution >= 4 is 51.1 Å². The Morgan fingerprint density at radius 1 is 1.50 bits per heavy atom. The number of aliphatic imine (C=N–C) groups is 1. The summed E-state index contributed by atoms with van der Waals surface area (Å²) in [5.74, 6) is -0.292. The lowest BCUT2D eigenvalue weighted by Gasteiger charge is -2.19. The maximum atomic E-state index is 11.9. The molecule has 0 aliphatic carbocycles. The Bertz CT molecular complexity index is 627. The average Bonchev–Trinajstić information content (AvgIpc) is 2.93. The van der Waals surface area contributed by atoms with Crippen molar-refractivity contribution in [3.8, 4) is 0 Å². The number of carbonyl (C=O) groups excluding carboxylic acids is 1. The zero-order valence-electron chi connectivity index (χ0n) is 9.38. The molecule has 0 spiro atoms. The van der Waals surface area contributed by atoms with Gasteiger partial charge in [-0.05, 0) is 36.2 Å². The van der Waals surface area contributed by atoms with Crippen LogP contribution in [0.15, 0.2) is 33.2 Å². The Labute approximate surface area is 111 Å². The molecule has 2 aliphatic rings. The number of hydrazone groups is 1. The Balaban J connectivity index is 2.04. The Morgan fingerprint density at radius 3 is 3.06 bits per heavy atom. The molecule has 2 aliphatic heterocycles. The molecule has 18 heavy (non-hydrogen) atoms. The van der Waals surface area contributed by atoms with E-state index in [1.54, 1.807) is 6.08 Å². The van der Waals surface area contributed by atoms with Gasteiger partial charge in [0.05, 0.1) is 10.6 Å². The van der Waals surface area contributed by atoms with Crippen LogP contribution in [0.25, 0.3) is 6.08 Å². The van der Waals surface area contributed by atoms with Gasteiger partial charge in [-0.2, -0.15) is 15.1 Å². The van der Waals surface area contributed by atoms with Gasteiger partial charge in [0.25, 0.3) is 5.91 Å². The van der Waals surface area contributed by atoms with E-state index in [0.29, 0.717) is 5.17 Å². The van der Waals surface area contributed by atoms with Gasteiger partial charge in [0, 0.05) is 4.88 Å². The van der Waals surface area contributed by atoms with Gasteiger partial charge in [0.15, 0.2) is 5.84 Å². The molecule has 0 fully saturated rings. The van der Waals surface area contributed by atoms with Crippen LogP contribution in [0.2, 0.25) is 0 Å². The van der Waals surface area contributed by atoms with Crippen molar-refractivity contribution in [1.29, 1.82) is 5.41 Å². The van der Waals surface area contributed by atoms with Crippen LogP contribution >= 0.6 is 23.1 Å². The van der Waals surface area contributed by atoms with E-state index in [1.807, 2.05) is 24.4 Å². The van der Waals surface area contributed by atoms with E-state index in [0.717, 1.165) is 9.92 Å². The minimum absolute atomic E-state index is 0.0859. The van der Waals surface area contributed by atoms with Gasteiger partial charge >= 0.3 is 0 Å². The highest BCUT2D eigenvalue weighted by molar-refractivity contribution is 8.26. The number of fused-ring (bicyclic) bond motifs is 1. The number of hydrogen-bond donors (Lipinski definition) is 1. The number of hydrogen-bond acceptors (Lipinski definition) is 5. The molecule has 0 saturated heterocycles. The van der Waals surface area contributed by atoms with Gasteiger partial charge in [-0.3, -0.25) is 10.2 Å². The fourth-order valence-corrected chi connectivity index (χ4v) is 2.99.